The molecule has 0 aliphatic carbocycles. The first-order chi connectivity index (χ1) is 11.2. The van der Waals surface area contributed by atoms with Crippen molar-refractivity contribution in [1.82, 2.24) is 5.43 Å². The van der Waals surface area contributed by atoms with Gasteiger partial charge in [-0.05, 0) is 19.1 Å². The third-order valence-electron chi connectivity index (χ3n) is 3.11. The van der Waals surface area contributed by atoms with E-state index in [2.05, 4.69) is 5.10 Å². The molecule has 0 fully saturated rings. The Labute approximate surface area is 153 Å². The minimum absolute atomic E-state index is 0.0419. The highest BCUT2D eigenvalue weighted by molar-refractivity contribution is 6.44. The smallest absolute Gasteiger partial charge is 0.332 e. The number of carbonyl (C=O) groups is 2. The highest BCUT2D eigenvalue weighted by atomic mass is 35.5. The Kier molecular flexibility index (Phi) is 7.29. The summed E-state index contributed by atoms with van der Waals surface area (Å²) in [5, 5.41) is 13.6. The molecule has 0 aromatic heterocycles. The minimum atomic E-state index is -1.18. The number of hydrogen-bond donors (Lipinski definition) is 2. The Morgan fingerprint density at radius 3 is 2.42 bits per heavy atom. The first kappa shape index (κ1) is 20.0. The average molecular weight is 392 g/mol. The van der Waals surface area contributed by atoms with Gasteiger partial charge in [0.25, 0.3) is 0 Å². The van der Waals surface area contributed by atoms with E-state index in [0.29, 0.717) is 0 Å². The van der Waals surface area contributed by atoms with Crippen molar-refractivity contribution in [2.75, 3.05) is 7.11 Å². The topological polar surface area (TPSA) is 118 Å². The first-order valence-corrected chi connectivity index (χ1v) is 7.58. The van der Waals surface area contributed by atoms with Gasteiger partial charge in [0.2, 0.25) is 0 Å². The minimum Gasteiger partial charge on any atom is -0.468 e. The maximum Gasteiger partial charge on any atom is 0.332 e. The largest absolute Gasteiger partial charge is 0.468 e. The molecule has 0 radical (unpaired) electrons. The highest BCUT2D eigenvalue weighted by Crippen LogP contribution is 2.40. The lowest BCUT2D eigenvalue weighted by Crippen LogP contribution is -2.33. The predicted molar refractivity (Wildman–Crippen MR) is 91.2 cm³/mol. The summed E-state index contributed by atoms with van der Waals surface area (Å²) in [6.45, 7) is 1.42. The van der Waals surface area contributed by atoms with Crippen LogP contribution in [0.15, 0.2) is 17.2 Å². The lowest BCUT2D eigenvalue weighted by Gasteiger charge is -2.22. The summed E-state index contributed by atoms with van der Waals surface area (Å²) >= 11 is 18.2. The van der Waals surface area contributed by atoms with Crippen LogP contribution in [0.3, 0.4) is 0 Å². The Bertz CT molecular complexity index is 731. The number of methoxy groups -OCH3 is 1. The van der Waals surface area contributed by atoms with Gasteiger partial charge < -0.3 is 10.5 Å². The molecule has 0 aliphatic heterocycles. The van der Waals surface area contributed by atoms with Crippen molar-refractivity contribution < 1.29 is 14.3 Å². The van der Waals surface area contributed by atoms with Crippen molar-refractivity contribution >= 4 is 52.5 Å². The molecule has 7 nitrogen and oxygen atoms in total. The van der Waals surface area contributed by atoms with Gasteiger partial charge in [0.1, 0.15) is 5.92 Å². The number of nitrogens with zero attached hydrogens (tertiary/aromatic N) is 2. The summed E-state index contributed by atoms with van der Waals surface area (Å²) in [7, 11) is 1.15. The van der Waals surface area contributed by atoms with Gasteiger partial charge in [0.05, 0.1) is 34.9 Å². The second-order valence-corrected chi connectivity index (χ2v) is 5.79. The van der Waals surface area contributed by atoms with Crippen LogP contribution in [0.4, 0.5) is 4.79 Å². The standard InChI is InChI=1S/C14H13Cl3N4O3/c1-6(20-21-14(19)23)10(13(22)24-2)7(5-18)11-8(15)3-4-9(16)12(11)17/h3-4,7,10H,1-2H3,(H3,19,21,23)/b20-6+. The van der Waals surface area contributed by atoms with Gasteiger partial charge in [0.15, 0.2) is 0 Å². The molecule has 1 aromatic carbocycles. The fourth-order valence-corrected chi connectivity index (χ4v) is 2.79. The molecule has 1 aromatic rings. The van der Waals surface area contributed by atoms with Crippen LogP contribution in [0.25, 0.3) is 0 Å². The zero-order valence-corrected chi connectivity index (χ0v) is 14.9. The third-order valence-corrected chi connectivity index (χ3v) is 4.26. The average Bonchev–Trinajstić information content (AvgIpc) is 2.54. The second-order valence-electron chi connectivity index (χ2n) is 4.59. The number of primary amides is 1. The Hall–Kier alpha value is -2.01. The number of carbonyl (C=O) groups excluding carboxylic acids is 2. The van der Waals surface area contributed by atoms with Crippen LogP contribution < -0.4 is 11.2 Å². The Balaban J connectivity index is 3.48. The maximum absolute atomic E-state index is 12.2. The number of urea groups is 1. The van der Waals surface area contributed by atoms with Crippen molar-refractivity contribution in [2.45, 2.75) is 12.8 Å². The molecule has 0 aliphatic rings. The van der Waals surface area contributed by atoms with Crippen LogP contribution in [-0.4, -0.2) is 24.8 Å². The van der Waals surface area contributed by atoms with Gasteiger partial charge in [0, 0.05) is 10.6 Å². The van der Waals surface area contributed by atoms with Gasteiger partial charge >= 0.3 is 12.0 Å². The maximum atomic E-state index is 12.2. The summed E-state index contributed by atoms with van der Waals surface area (Å²) in [6.07, 6.45) is 0. The number of nitrogens with one attached hydrogen (secondary N) is 1. The number of nitriles is 1. The summed E-state index contributed by atoms with van der Waals surface area (Å²) in [5.41, 5.74) is 7.18. The van der Waals surface area contributed by atoms with E-state index in [1.165, 1.54) is 19.1 Å². The summed E-state index contributed by atoms with van der Waals surface area (Å²) in [4.78, 5) is 23.0. The Morgan fingerprint density at radius 1 is 1.33 bits per heavy atom. The van der Waals surface area contributed by atoms with Crippen LogP contribution in [0.1, 0.15) is 18.4 Å². The number of halogens is 3. The molecule has 24 heavy (non-hydrogen) atoms. The fraction of sp³-hybridized carbons (Fsp3) is 0.286. The first-order valence-electron chi connectivity index (χ1n) is 6.45. The van der Waals surface area contributed by atoms with Gasteiger partial charge in [-0.3, -0.25) is 4.79 Å². The normalized spacial score (nSPS) is 13.6. The van der Waals surface area contributed by atoms with E-state index >= 15 is 0 Å². The number of amides is 2. The molecule has 128 valence electrons. The zero-order valence-electron chi connectivity index (χ0n) is 12.6. The third kappa shape index (κ3) is 4.51. The van der Waals surface area contributed by atoms with Crippen molar-refractivity contribution in [2.24, 2.45) is 16.8 Å². The number of hydrogen-bond acceptors (Lipinski definition) is 5. The van der Waals surface area contributed by atoms with Crippen molar-refractivity contribution in [3.05, 3.63) is 32.8 Å². The number of ether oxygens (including phenoxy) is 1. The number of esters is 1. The summed E-state index contributed by atoms with van der Waals surface area (Å²) < 4.78 is 4.72. The number of benzene rings is 1. The molecule has 0 heterocycles. The van der Waals surface area contributed by atoms with E-state index < -0.39 is 23.8 Å². The molecule has 0 spiro atoms. The molecular weight excluding hydrogens is 379 g/mol. The molecule has 0 bridgehead atoms. The quantitative estimate of drug-likeness (QED) is 0.347. The van der Waals surface area contributed by atoms with Crippen LogP contribution in [0.2, 0.25) is 15.1 Å². The molecule has 0 saturated heterocycles. The van der Waals surface area contributed by atoms with E-state index in [1.807, 2.05) is 11.5 Å². The van der Waals surface area contributed by atoms with E-state index in [-0.39, 0.29) is 26.3 Å². The zero-order chi connectivity index (χ0) is 18.4. The molecule has 1 rings (SSSR count). The molecule has 2 amide bonds. The van der Waals surface area contributed by atoms with E-state index in [4.69, 9.17) is 45.3 Å². The highest BCUT2D eigenvalue weighted by Gasteiger charge is 2.36. The number of rotatable bonds is 5. The summed E-state index contributed by atoms with van der Waals surface area (Å²) in [6, 6.07) is 3.95. The van der Waals surface area contributed by atoms with Crippen LogP contribution >= 0.6 is 34.8 Å². The van der Waals surface area contributed by atoms with Gasteiger partial charge in [-0.1, -0.05) is 34.8 Å². The lowest BCUT2D eigenvalue weighted by molar-refractivity contribution is -0.143. The van der Waals surface area contributed by atoms with Crippen molar-refractivity contribution in [3.63, 3.8) is 0 Å². The summed E-state index contributed by atoms with van der Waals surface area (Å²) in [5.74, 6) is -3.09. The second kappa shape index (κ2) is 8.73. The van der Waals surface area contributed by atoms with Crippen LogP contribution in [-0.2, 0) is 9.53 Å². The lowest BCUT2D eigenvalue weighted by atomic mass is 9.84. The van der Waals surface area contributed by atoms with Gasteiger partial charge in [-0.2, -0.15) is 10.4 Å². The molecule has 3 N–H and O–H groups in total. The number of hydrazone groups is 1. The Morgan fingerprint density at radius 2 is 1.92 bits per heavy atom. The van der Waals surface area contributed by atoms with E-state index in [1.54, 1.807) is 0 Å². The predicted octanol–water partition coefficient (Wildman–Crippen LogP) is 3.09. The van der Waals surface area contributed by atoms with Gasteiger partial charge in [-0.25, -0.2) is 10.2 Å². The molecule has 0 saturated carbocycles. The van der Waals surface area contributed by atoms with Crippen molar-refractivity contribution in [3.8, 4) is 6.07 Å². The fourth-order valence-electron chi connectivity index (χ4n) is 2.02. The molecule has 2 atom stereocenters. The van der Waals surface area contributed by atoms with Crippen LogP contribution in [0, 0.1) is 17.2 Å². The monoisotopic (exact) mass is 390 g/mol. The van der Waals surface area contributed by atoms with Gasteiger partial charge in [-0.15, -0.1) is 0 Å². The SMILES string of the molecule is COC(=O)C(/C(C)=N/NC(N)=O)C(C#N)c1c(Cl)ccc(Cl)c1Cl. The molecule has 2 unspecified atom stereocenters. The molecule has 10 heteroatoms. The van der Waals surface area contributed by atoms with E-state index in [0.717, 1.165) is 7.11 Å². The van der Waals surface area contributed by atoms with E-state index in [9.17, 15) is 14.9 Å². The molecular formula is C14H13Cl3N4O3. The van der Waals surface area contributed by atoms with Crippen LogP contribution in [0.5, 0.6) is 0 Å². The number of nitrogens with two attached hydrogens (primary N) is 1. The van der Waals surface area contributed by atoms with Crippen molar-refractivity contribution in [1.29, 1.82) is 5.26 Å².